The molecular weight excluding hydrogens is 635 g/mol. The Kier molecular flexibility index (Phi) is 7.04. The molecule has 1 aliphatic heterocycles. The maximum atomic E-state index is 5.13. The van der Waals surface area contributed by atoms with Crippen LogP contribution in [-0.2, 0) is 5.41 Å². The van der Waals surface area contributed by atoms with E-state index in [1.807, 2.05) is 30.5 Å². The van der Waals surface area contributed by atoms with Gasteiger partial charge in [0.15, 0.2) is 11.6 Å². The molecule has 3 unspecified atom stereocenters. The van der Waals surface area contributed by atoms with Gasteiger partial charge in [0.1, 0.15) is 5.82 Å². The number of anilines is 1. The van der Waals surface area contributed by atoms with Crippen molar-refractivity contribution in [3.8, 4) is 33.9 Å². The lowest BCUT2D eigenvalue weighted by Crippen LogP contribution is -2.24. The lowest BCUT2D eigenvalue weighted by molar-refractivity contribution is 0.646. The van der Waals surface area contributed by atoms with E-state index in [1.54, 1.807) is 6.20 Å². The van der Waals surface area contributed by atoms with Crippen molar-refractivity contribution in [3.05, 3.63) is 186 Å². The van der Waals surface area contributed by atoms with E-state index in [1.165, 1.54) is 44.7 Å². The molecule has 2 aromatic heterocycles. The number of hydrogen-bond acceptors (Lipinski definition) is 5. The molecule has 3 heterocycles. The van der Waals surface area contributed by atoms with Gasteiger partial charge in [0.2, 0.25) is 0 Å². The highest BCUT2D eigenvalue weighted by molar-refractivity contribution is 5.94. The Hall–Kier alpha value is -6.20. The van der Waals surface area contributed by atoms with Crippen molar-refractivity contribution in [1.82, 2.24) is 19.9 Å². The Bertz CT molecular complexity index is 2510. The van der Waals surface area contributed by atoms with E-state index in [0.717, 1.165) is 34.5 Å². The second kappa shape index (κ2) is 12.0. The normalized spacial score (nSPS) is 20.4. The zero-order chi connectivity index (χ0) is 34.8. The minimum Gasteiger partial charge on any atom is -0.378 e. The molecule has 5 heteroatoms. The fourth-order valence-corrected chi connectivity index (χ4v) is 8.48. The fourth-order valence-electron chi connectivity index (χ4n) is 8.48. The van der Waals surface area contributed by atoms with E-state index < -0.39 is 0 Å². The highest BCUT2D eigenvalue weighted by atomic mass is 15.0. The summed E-state index contributed by atoms with van der Waals surface area (Å²) in [6.45, 7) is 4.72. The fraction of sp³-hybridized carbons (Fsp3) is 0.149. The standard InChI is InChI=1S/C47H37N5/c1-47(2)40-22-21-33(25-37(40)38-26-39-36-15-6-7-16-42(36)49-43(39)27-41(38)47)32-12-8-13-34(24-32)46-51-44(30-10-4-3-5-11-30)50-45(52-46)31-19-17-29(18-20-31)35-14-9-23-48-28-35/h3-19,21-28,31,39,43,49H,20H2,1-2H3. The van der Waals surface area contributed by atoms with Gasteiger partial charge in [0, 0.05) is 46.5 Å². The van der Waals surface area contributed by atoms with E-state index in [9.17, 15) is 0 Å². The predicted octanol–water partition coefficient (Wildman–Crippen LogP) is 10.6. The number of nitrogens with zero attached hydrogens (tertiary/aromatic N) is 4. The maximum Gasteiger partial charge on any atom is 0.163 e. The molecule has 4 aliphatic rings. The van der Waals surface area contributed by atoms with Crippen LogP contribution in [0.15, 0.2) is 158 Å². The smallest absolute Gasteiger partial charge is 0.163 e. The molecule has 1 N–H and O–H groups in total. The van der Waals surface area contributed by atoms with Crippen LogP contribution in [0.4, 0.5) is 5.69 Å². The van der Waals surface area contributed by atoms with Crippen molar-refractivity contribution >= 4 is 16.8 Å². The molecule has 0 spiro atoms. The number of allylic oxidation sites excluding steroid dienone is 6. The van der Waals surface area contributed by atoms with Crippen molar-refractivity contribution in [2.45, 2.75) is 43.6 Å². The van der Waals surface area contributed by atoms with Crippen LogP contribution in [0, 0.1) is 0 Å². The lowest BCUT2D eigenvalue weighted by atomic mass is 9.77. The first-order valence-corrected chi connectivity index (χ1v) is 18.2. The van der Waals surface area contributed by atoms with Crippen molar-refractivity contribution in [2.75, 3.05) is 5.32 Å². The van der Waals surface area contributed by atoms with Gasteiger partial charge in [-0.2, -0.15) is 0 Å². The first-order chi connectivity index (χ1) is 25.5. The van der Waals surface area contributed by atoms with Gasteiger partial charge in [-0.05, 0) is 80.8 Å². The van der Waals surface area contributed by atoms with Gasteiger partial charge in [0.25, 0.3) is 0 Å². The summed E-state index contributed by atoms with van der Waals surface area (Å²) in [6, 6.07) is 39.0. The van der Waals surface area contributed by atoms with Crippen LogP contribution in [0.1, 0.15) is 60.2 Å². The molecule has 0 radical (unpaired) electrons. The molecular formula is C47H37N5. The first kappa shape index (κ1) is 30.6. The molecule has 0 bridgehead atoms. The maximum absolute atomic E-state index is 5.13. The van der Waals surface area contributed by atoms with Crippen LogP contribution in [0.5, 0.6) is 0 Å². The Morgan fingerprint density at radius 3 is 2.29 bits per heavy atom. The van der Waals surface area contributed by atoms with E-state index in [0.29, 0.717) is 17.6 Å². The molecule has 250 valence electrons. The topological polar surface area (TPSA) is 63.6 Å². The first-order valence-electron chi connectivity index (χ1n) is 18.2. The molecule has 6 aromatic rings. The van der Waals surface area contributed by atoms with Crippen molar-refractivity contribution in [1.29, 1.82) is 0 Å². The SMILES string of the molecule is CC1(C)C2=CC3Nc4ccccc4C3C=C2c2cc(-c3cccc(-c4nc(-c5ccccc5)nc(C5C=CC(c6cccnc6)=CC5)n4)c3)ccc21. The molecule has 3 atom stereocenters. The number of aromatic nitrogens is 4. The van der Waals surface area contributed by atoms with Gasteiger partial charge in [-0.1, -0.05) is 129 Å². The second-order valence-electron chi connectivity index (χ2n) is 14.7. The molecule has 0 saturated heterocycles. The monoisotopic (exact) mass is 671 g/mol. The van der Waals surface area contributed by atoms with Crippen LogP contribution in [0.25, 0.3) is 45.0 Å². The summed E-state index contributed by atoms with van der Waals surface area (Å²) in [5.74, 6) is 2.52. The summed E-state index contributed by atoms with van der Waals surface area (Å²) in [7, 11) is 0. The minimum atomic E-state index is -0.0699. The summed E-state index contributed by atoms with van der Waals surface area (Å²) >= 11 is 0. The molecule has 52 heavy (non-hydrogen) atoms. The summed E-state index contributed by atoms with van der Waals surface area (Å²) in [5.41, 5.74) is 14.6. The summed E-state index contributed by atoms with van der Waals surface area (Å²) < 4.78 is 0. The van der Waals surface area contributed by atoms with Gasteiger partial charge in [0.05, 0.1) is 6.04 Å². The van der Waals surface area contributed by atoms with Gasteiger partial charge >= 0.3 is 0 Å². The quantitative estimate of drug-likeness (QED) is 0.198. The number of rotatable bonds is 5. The number of nitrogens with one attached hydrogen (secondary N) is 1. The molecule has 4 aromatic carbocycles. The average molecular weight is 672 g/mol. The molecule has 0 fully saturated rings. The van der Waals surface area contributed by atoms with E-state index >= 15 is 0 Å². The third-order valence-electron chi connectivity index (χ3n) is 11.2. The Morgan fingerprint density at radius 1 is 0.692 bits per heavy atom. The largest absolute Gasteiger partial charge is 0.378 e. The average Bonchev–Trinajstić information content (AvgIpc) is 3.68. The molecule has 10 rings (SSSR count). The summed E-state index contributed by atoms with van der Waals surface area (Å²) in [4.78, 5) is 19.5. The zero-order valence-electron chi connectivity index (χ0n) is 29.2. The highest BCUT2D eigenvalue weighted by Crippen LogP contribution is 2.55. The van der Waals surface area contributed by atoms with Crippen LogP contribution >= 0.6 is 0 Å². The van der Waals surface area contributed by atoms with Crippen molar-refractivity contribution < 1.29 is 0 Å². The van der Waals surface area contributed by atoms with Crippen LogP contribution in [0.3, 0.4) is 0 Å². The van der Waals surface area contributed by atoms with E-state index in [-0.39, 0.29) is 17.4 Å². The third-order valence-corrected chi connectivity index (χ3v) is 11.2. The van der Waals surface area contributed by atoms with Gasteiger partial charge in [-0.25, -0.2) is 15.0 Å². The van der Waals surface area contributed by atoms with Crippen molar-refractivity contribution in [3.63, 3.8) is 0 Å². The Morgan fingerprint density at radius 2 is 1.46 bits per heavy atom. The van der Waals surface area contributed by atoms with Crippen LogP contribution in [-0.4, -0.2) is 26.0 Å². The minimum absolute atomic E-state index is 0.0422. The van der Waals surface area contributed by atoms with Gasteiger partial charge in [-0.3, -0.25) is 4.98 Å². The molecule has 5 nitrogen and oxygen atoms in total. The van der Waals surface area contributed by atoms with Gasteiger partial charge < -0.3 is 5.32 Å². The molecule has 3 aliphatic carbocycles. The second-order valence-corrected chi connectivity index (χ2v) is 14.7. The lowest BCUT2D eigenvalue weighted by Gasteiger charge is -2.28. The van der Waals surface area contributed by atoms with Gasteiger partial charge in [-0.15, -0.1) is 0 Å². The number of fused-ring (bicyclic) bond motifs is 6. The third kappa shape index (κ3) is 5.07. The number of pyridine rings is 1. The summed E-state index contributed by atoms with van der Waals surface area (Å²) in [6.07, 6.45) is 16.1. The molecule has 0 saturated carbocycles. The number of hydrogen-bond donors (Lipinski definition) is 1. The van der Waals surface area contributed by atoms with E-state index in [4.69, 9.17) is 15.0 Å². The van der Waals surface area contributed by atoms with E-state index in [2.05, 4.69) is 139 Å². The predicted molar refractivity (Wildman–Crippen MR) is 211 cm³/mol. The van der Waals surface area contributed by atoms with Crippen LogP contribution < -0.4 is 5.32 Å². The number of benzene rings is 4. The highest BCUT2D eigenvalue weighted by Gasteiger charge is 2.43. The van der Waals surface area contributed by atoms with Crippen molar-refractivity contribution in [2.24, 2.45) is 0 Å². The Labute approximate surface area is 304 Å². The summed E-state index contributed by atoms with van der Waals surface area (Å²) in [5, 5.41) is 3.77. The molecule has 0 amide bonds. The number of para-hydroxylation sites is 1. The Balaban J connectivity index is 1.02. The zero-order valence-corrected chi connectivity index (χ0v) is 29.2. The van der Waals surface area contributed by atoms with Crippen LogP contribution in [0.2, 0.25) is 0 Å².